The van der Waals surface area contributed by atoms with Crippen molar-refractivity contribution in [3.63, 3.8) is 0 Å². The average Bonchev–Trinajstić information content (AvgIpc) is 3.45. The average molecular weight is 540 g/mol. The zero-order chi connectivity index (χ0) is 28.0. The van der Waals surface area contributed by atoms with Crippen LogP contribution in [0.2, 0.25) is 0 Å². The van der Waals surface area contributed by atoms with E-state index in [-0.39, 0.29) is 18.2 Å². The van der Waals surface area contributed by atoms with Gasteiger partial charge in [-0.05, 0) is 77.2 Å². The van der Waals surface area contributed by atoms with Gasteiger partial charge in [-0.15, -0.1) is 0 Å². The van der Waals surface area contributed by atoms with Gasteiger partial charge in [0.25, 0.3) is 5.91 Å². The Balaban J connectivity index is 1.13. The highest BCUT2D eigenvalue weighted by Gasteiger charge is 2.25. The van der Waals surface area contributed by atoms with Crippen LogP contribution in [0.1, 0.15) is 27.2 Å². The first-order valence-corrected chi connectivity index (χ1v) is 13.6. The number of nitrogens with one attached hydrogen (secondary N) is 1. The maximum Gasteiger partial charge on any atom is 0.256 e. The van der Waals surface area contributed by atoms with Gasteiger partial charge >= 0.3 is 0 Å². The van der Waals surface area contributed by atoms with Crippen LogP contribution in [-0.2, 0) is 24.2 Å². The fraction of sp³-hybridized carbons (Fsp3) is 0.114. The van der Waals surface area contributed by atoms with Crippen molar-refractivity contribution in [2.45, 2.75) is 19.4 Å². The molecule has 0 spiro atoms. The third-order valence-electron chi connectivity index (χ3n) is 7.18. The molecule has 2 heterocycles. The van der Waals surface area contributed by atoms with E-state index >= 15 is 0 Å². The third-order valence-corrected chi connectivity index (χ3v) is 7.18. The number of anilines is 2. The van der Waals surface area contributed by atoms with E-state index in [1.807, 2.05) is 115 Å². The van der Waals surface area contributed by atoms with Gasteiger partial charge in [0, 0.05) is 35.4 Å². The Bertz CT molecular complexity index is 1670. The number of ether oxygens (including phenoxy) is 1. The molecule has 2 amide bonds. The largest absolute Gasteiger partial charge is 0.489 e. The molecule has 6 rings (SSSR count). The monoisotopic (exact) mass is 539 g/mol. The molecule has 0 aliphatic carbocycles. The van der Waals surface area contributed by atoms with Crippen molar-refractivity contribution in [3.8, 4) is 16.9 Å². The molecule has 0 fully saturated rings. The lowest BCUT2D eigenvalue weighted by atomic mass is 9.99. The van der Waals surface area contributed by atoms with Gasteiger partial charge in [-0.3, -0.25) is 14.6 Å². The maximum atomic E-state index is 13.4. The van der Waals surface area contributed by atoms with E-state index in [1.54, 1.807) is 11.1 Å². The molecular formula is C35H29N3O3. The van der Waals surface area contributed by atoms with Gasteiger partial charge in [0.2, 0.25) is 5.91 Å². The van der Waals surface area contributed by atoms with Crippen LogP contribution in [0.3, 0.4) is 0 Å². The molecule has 0 atom stereocenters. The minimum Gasteiger partial charge on any atom is -0.489 e. The summed E-state index contributed by atoms with van der Waals surface area (Å²) in [7, 11) is 0. The van der Waals surface area contributed by atoms with Crippen LogP contribution in [0, 0.1) is 0 Å². The number of hydrogen-bond donors (Lipinski definition) is 1. The minimum atomic E-state index is -0.189. The predicted octanol–water partition coefficient (Wildman–Crippen LogP) is 6.71. The highest BCUT2D eigenvalue weighted by Crippen LogP contribution is 2.32. The summed E-state index contributed by atoms with van der Waals surface area (Å²) in [6.45, 7) is 1.11. The number of pyridine rings is 1. The summed E-state index contributed by atoms with van der Waals surface area (Å²) in [6.07, 6.45) is 2.70. The Labute approximate surface area is 239 Å². The quantitative estimate of drug-likeness (QED) is 0.238. The first-order chi connectivity index (χ1) is 20.1. The molecule has 6 nitrogen and oxygen atoms in total. The van der Waals surface area contributed by atoms with E-state index in [2.05, 4.69) is 10.3 Å². The highest BCUT2D eigenvalue weighted by atomic mass is 16.5. The van der Waals surface area contributed by atoms with Crippen LogP contribution in [0.15, 0.2) is 121 Å². The summed E-state index contributed by atoms with van der Waals surface area (Å²) in [6, 6.07) is 36.7. The summed E-state index contributed by atoms with van der Waals surface area (Å²) >= 11 is 0. The minimum absolute atomic E-state index is 0.0182. The number of benzene rings is 4. The normalized spacial score (nSPS) is 12.0. The van der Waals surface area contributed by atoms with Gasteiger partial charge in [-0.25, -0.2) is 0 Å². The third kappa shape index (κ3) is 6.02. The number of carbonyl (C=O) groups is 2. The second-order valence-corrected chi connectivity index (χ2v) is 9.94. The van der Waals surface area contributed by atoms with Gasteiger partial charge in [0.1, 0.15) is 12.4 Å². The zero-order valence-electron chi connectivity index (χ0n) is 22.5. The standard InChI is InChI=1S/C35H29N3O3/c39-34(23-28-10-6-7-20-36-28)38-21-19-27-22-29(15-18-33(27)38)37-35(40)32-12-5-4-11-31(32)26-13-16-30(17-14-26)41-24-25-8-2-1-3-9-25/h1-18,20,22H,19,21,23-24H2,(H,37,40). The number of carbonyl (C=O) groups excluding carboxylic acids is 2. The predicted molar refractivity (Wildman–Crippen MR) is 161 cm³/mol. The second-order valence-electron chi connectivity index (χ2n) is 9.94. The lowest BCUT2D eigenvalue weighted by Crippen LogP contribution is -2.30. The summed E-state index contributed by atoms with van der Waals surface area (Å²) in [4.78, 5) is 32.4. The number of aromatic nitrogens is 1. The smallest absolute Gasteiger partial charge is 0.256 e. The van der Waals surface area contributed by atoms with Gasteiger partial charge in [0.15, 0.2) is 0 Å². The number of nitrogens with zero attached hydrogens (tertiary/aromatic N) is 2. The molecule has 1 aliphatic heterocycles. The fourth-order valence-corrected chi connectivity index (χ4v) is 5.09. The fourth-order valence-electron chi connectivity index (χ4n) is 5.09. The molecule has 4 aromatic carbocycles. The number of amides is 2. The van der Waals surface area contributed by atoms with Crippen molar-refractivity contribution in [1.82, 2.24) is 4.98 Å². The van der Waals surface area contributed by atoms with E-state index < -0.39 is 0 Å². The van der Waals surface area contributed by atoms with Gasteiger partial charge < -0.3 is 15.0 Å². The van der Waals surface area contributed by atoms with Crippen molar-refractivity contribution >= 4 is 23.2 Å². The Morgan fingerprint density at radius 1 is 0.829 bits per heavy atom. The number of rotatable bonds is 8. The van der Waals surface area contributed by atoms with Crippen molar-refractivity contribution in [2.75, 3.05) is 16.8 Å². The van der Waals surface area contributed by atoms with Crippen LogP contribution < -0.4 is 15.0 Å². The van der Waals surface area contributed by atoms with E-state index in [0.717, 1.165) is 45.8 Å². The van der Waals surface area contributed by atoms with Gasteiger partial charge in [-0.2, -0.15) is 0 Å². The summed E-state index contributed by atoms with van der Waals surface area (Å²) < 4.78 is 5.92. The van der Waals surface area contributed by atoms with Crippen LogP contribution in [0.25, 0.3) is 11.1 Å². The molecule has 0 saturated carbocycles. The molecule has 6 heteroatoms. The van der Waals surface area contributed by atoms with Gasteiger partial charge in [-0.1, -0.05) is 66.7 Å². The Hall–Kier alpha value is -5.23. The molecule has 202 valence electrons. The van der Waals surface area contributed by atoms with E-state index in [4.69, 9.17) is 4.74 Å². The van der Waals surface area contributed by atoms with Crippen LogP contribution in [-0.4, -0.2) is 23.3 Å². The van der Waals surface area contributed by atoms with Crippen LogP contribution in [0.4, 0.5) is 11.4 Å². The van der Waals surface area contributed by atoms with Crippen molar-refractivity contribution in [3.05, 3.63) is 144 Å². The Morgan fingerprint density at radius 3 is 2.41 bits per heavy atom. The van der Waals surface area contributed by atoms with Crippen molar-refractivity contribution < 1.29 is 14.3 Å². The lowest BCUT2D eigenvalue weighted by molar-refractivity contribution is -0.117. The van der Waals surface area contributed by atoms with Gasteiger partial charge in [0.05, 0.1) is 6.42 Å². The molecule has 1 N–H and O–H groups in total. The summed E-state index contributed by atoms with van der Waals surface area (Å²) in [5, 5.41) is 3.05. The molecule has 1 aliphatic rings. The topological polar surface area (TPSA) is 71.5 Å². The number of hydrogen-bond acceptors (Lipinski definition) is 4. The van der Waals surface area contributed by atoms with E-state index in [9.17, 15) is 9.59 Å². The zero-order valence-corrected chi connectivity index (χ0v) is 22.5. The molecule has 0 bridgehead atoms. The van der Waals surface area contributed by atoms with E-state index in [1.165, 1.54) is 0 Å². The molecule has 41 heavy (non-hydrogen) atoms. The maximum absolute atomic E-state index is 13.4. The molecule has 5 aromatic rings. The van der Waals surface area contributed by atoms with Crippen LogP contribution >= 0.6 is 0 Å². The Morgan fingerprint density at radius 2 is 1.61 bits per heavy atom. The van der Waals surface area contributed by atoms with E-state index in [0.29, 0.717) is 24.4 Å². The number of fused-ring (bicyclic) bond motifs is 1. The SMILES string of the molecule is O=C(Nc1ccc2c(c1)CCN2C(=O)Cc1ccccn1)c1ccccc1-c1ccc(OCc2ccccc2)cc1. The molecular weight excluding hydrogens is 510 g/mol. The lowest BCUT2D eigenvalue weighted by Gasteiger charge is -2.17. The molecule has 1 aromatic heterocycles. The summed E-state index contributed by atoms with van der Waals surface area (Å²) in [5.41, 5.74) is 6.84. The first-order valence-electron chi connectivity index (χ1n) is 13.6. The highest BCUT2D eigenvalue weighted by molar-refractivity contribution is 6.09. The Kier molecular flexibility index (Phi) is 7.54. The van der Waals surface area contributed by atoms with Crippen LogP contribution in [0.5, 0.6) is 5.75 Å². The van der Waals surface area contributed by atoms with Crippen molar-refractivity contribution in [1.29, 1.82) is 0 Å². The molecule has 0 radical (unpaired) electrons. The second kappa shape index (κ2) is 11.9. The molecule has 0 unspecified atom stereocenters. The first kappa shape index (κ1) is 26.0. The van der Waals surface area contributed by atoms with Crippen molar-refractivity contribution in [2.24, 2.45) is 0 Å². The summed E-state index contributed by atoms with van der Waals surface area (Å²) in [5.74, 6) is 0.598. The molecule has 0 saturated heterocycles.